The zero-order valence-corrected chi connectivity index (χ0v) is 20.7. The van der Waals surface area contributed by atoms with Gasteiger partial charge in [-0.05, 0) is 30.2 Å². The zero-order valence-electron chi connectivity index (χ0n) is 20.7. The SMILES string of the molecule is COc1ccc(CN2C3CC2CN(c2ccc(-c4nc(-c5cnn(C)c5)nc5[nH]ccc45)cn2)C3)cn1. The lowest BCUT2D eigenvalue weighted by Gasteiger charge is -2.56. The fourth-order valence-corrected chi connectivity index (χ4v) is 5.51. The predicted octanol–water partition coefficient (Wildman–Crippen LogP) is 3.29. The van der Waals surface area contributed by atoms with Crippen LogP contribution in [0.1, 0.15) is 12.0 Å². The summed E-state index contributed by atoms with van der Waals surface area (Å²) in [4.78, 5) is 27.0. The lowest BCUT2D eigenvalue weighted by molar-refractivity contribution is -0.00876. The Morgan fingerprint density at radius 1 is 0.973 bits per heavy atom. The van der Waals surface area contributed by atoms with Crippen LogP contribution in [0.25, 0.3) is 33.7 Å². The van der Waals surface area contributed by atoms with Gasteiger partial charge >= 0.3 is 0 Å². The third kappa shape index (κ3) is 3.89. The molecule has 186 valence electrons. The number of hydrogen-bond donors (Lipinski definition) is 1. The summed E-state index contributed by atoms with van der Waals surface area (Å²) in [5.41, 5.74) is 4.74. The number of nitrogens with one attached hydrogen (secondary N) is 1. The number of ether oxygens (including phenoxy) is 1. The molecule has 1 N–H and O–H groups in total. The highest BCUT2D eigenvalue weighted by Crippen LogP contribution is 2.36. The summed E-state index contributed by atoms with van der Waals surface area (Å²) in [5, 5.41) is 5.25. The Morgan fingerprint density at radius 3 is 2.57 bits per heavy atom. The molecule has 0 spiro atoms. The lowest BCUT2D eigenvalue weighted by Crippen LogP contribution is -2.68. The number of hydrogen-bond acceptors (Lipinski definition) is 8. The molecule has 10 heteroatoms. The van der Waals surface area contributed by atoms with Crippen LogP contribution in [0.2, 0.25) is 0 Å². The van der Waals surface area contributed by atoms with E-state index in [0.717, 1.165) is 53.3 Å². The number of nitrogens with zero attached hydrogens (tertiary/aromatic N) is 8. The molecule has 3 fully saturated rings. The van der Waals surface area contributed by atoms with Gasteiger partial charge in [0.05, 0.1) is 24.6 Å². The van der Waals surface area contributed by atoms with E-state index in [4.69, 9.17) is 19.7 Å². The van der Waals surface area contributed by atoms with Crippen molar-refractivity contribution in [1.29, 1.82) is 0 Å². The van der Waals surface area contributed by atoms with Gasteiger partial charge in [0.2, 0.25) is 5.88 Å². The molecule has 3 aliphatic rings. The molecule has 5 aromatic heterocycles. The third-order valence-corrected chi connectivity index (χ3v) is 7.44. The normalized spacial score (nSPS) is 19.2. The molecule has 5 aromatic rings. The number of piperidine rings is 1. The van der Waals surface area contributed by atoms with Crippen LogP contribution in [0.5, 0.6) is 5.88 Å². The fraction of sp³-hybridized carbons (Fsp3) is 0.296. The molecule has 37 heavy (non-hydrogen) atoms. The first-order valence-corrected chi connectivity index (χ1v) is 12.4. The van der Waals surface area contributed by atoms with E-state index in [2.05, 4.69) is 43.1 Å². The number of fused-ring (bicyclic) bond motifs is 3. The molecule has 2 unspecified atom stereocenters. The number of piperazine rings is 1. The molecule has 3 aliphatic heterocycles. The summed E-state index contributed by atoms with van der Waals surface area (Å²) in [6, 6.07) is 11.3. The summed E-state index contributed by atoms with van der Waals surface area (Å²) < 4.78 is 6.94. The smallest absolute Gasteiger partial charge is 0.212 e. The molecular weight excluding hydrogens is 466 g/mol. The topological polar surface area (TPSA) is 101 Å². The van der Waals surface area contributed by atoms with Gasteiger partial charge in [0.25, 0.3) is 0 Å². The lowest BCUT2D eigenvalue weighted by atomic mass is 9.87. The summed E-state index contributed by atoms with van der Waals surface area (Å²) in [6.45, 7) is 2.88. The van der Waals surface area contributed by atoms with Crippen molar-refractivity contribution >= 4 is 16.9 Å². The molecule has 10 nitrogen and oxygen atoms in total. The number of aromatic nitrogens is 7. The van der Waals surface area contributed by atoms with Crippen LogP contribution in [0.15, 0.2) is 61.3 Å². The maximum atomic E-state index is 5.18. The summed E-state index contributed by atoms with van der Waals surface area (Å²) in [7, 11) is 3.53. The highest BCUT2D eigenvalue weighted by atomic mass is 16.5. The first-order valence-electron chi connectivity index (χ1n) is 12.4. The van der Waals surface area contributed by atoms with Gasteiger partial charge in [0.15, 0.2) is 5.82 Å². The molecule has 3 saturated heterocycles. The monoisotopic (exact) mass is 493 g/mol. The minimum absolute atomic E-state index is 0.533. The highest BCUT2D eigenvalue weighted by molar-refractivity contribution is 5.92. The highest BCUT2D eigenvalue weighted by Gasteiger charge is 2.44. The number of methoxy groups -OCH3 is 1. The number of rotatable bonds is 6. The Labute approximate surface area is 214 Å². The van der Waals surface area contributed by atoms with Gasteiger partial charge in [-0.25, -0.2) is 19.9 Å². The maximum Gasteiger partial charge on any atom is 0.212 e. The first-order chi connectivity index (χ1) is 18.1. The Kier molecular flexibility index (Phi) is 5.14. The molecule has 2 bridgehead atoms. The summed E-state index contributed by atoms with van der Waals surface area (Å²) >= 11 is 0. The number of aryl methyl sites for hydroxylation is 1. The van der Waals surface area contributed by atoms with Crippen molar-refractivity contribution in [2.45, 2.75) is 25.0 Å². The van der Waals surface area contributed by atoms with Gasteiger partial charge < -0.3 is 14.6 Å². The maximum absolute atomic E-state index is 5.18. The van der Waals surface area contributed by atoms with E-state index < -0.39 is 0 Å². The predicted molar refractivity (Wildman–Crippen MR) is 140 cm³/mol. The number of pyridine rings is 2. The van der Waals surface area contributed by atoms with Gasteiger partial charge in [-0.1, -0.05) is 6.07 Å². The van der Waals surface area contributed by atoms with Crippen LogP contribution in [-0.4, -0.2) is 71.9 Å². The van der Waals surface area contributed by atoms with Crippen LogP contribution in [-0.2, 0) is 13.6 Å². The minimum Gasteiger partial charge on any atom is -0.481 e. The van der Waals surface area contributed by atoms with E-state index in [1.54, 1.807) is 18.0 Å². The second-order valence-electron chi connectivity index (χ2n) is 9.77. The van der Waals surface area contributed by atoms with Crippen molar-refractivity contribution in [2.75, 3.05) is 25.1 Å². The number of H-pyrrole nitrogens is 1. The summed E-state index contributed by atoms with van der Waals surface area (Å²) in [5.74, 6) is 2.31. The third-order valence-electron chi connectivity index (χ3n) is 7.44. The van der Waals surface area contributed by atoms with E-state index in [-0.39, 0.29) is 0 Å². The average molecular weight is 494 g/mol. The van der Waals surface area contributed by atoms with Crippen molar-refractivity contribution in [1.82, 2.24) is 39.6 Å². The quantitative estimate of drug-likeness (QED) is 0.385. The Morgan fingerprint density at radius 2 is 1.86 bits per heavy atom. The van der Waals surface area contributed by atoms with E-state index in [0.29, 0.717) is 23.8 Å². The number of anilines is 1. The fourth-order valence-electron chi connectivity index (χ4n) is 5.51. The van der Waals surface area contributed by atoms with Gasteiger partial charge in [-0.15, -0.1) is 0 Å². The van der Waals surface area contributed by atoms with Crippen molar-refractivity contribution in [3.8, 4) is 28.5 Å². The van der Waals surface area contributed by atoms with Crippen molar-refractivity contribution in [2.24, 2.45) is 7.05 Å². The molecule has 0 saturated carbocycles. The standard InChI is InChI=1S/C27H27N9O/c1-34-14-19(12-31-34)26-32-25(22-7-8-28-27(22)33-26)18-4-5-23(29-11-18)35-15-20-9-21(16-35)36(20)13-17-3-6-24(37-2)30-10-17/h3-8,10-12,14,20-21H,9,13,15-16H2,1-2H3,(H,28,32,33). The molecular formula is C27H27N9O. The Balaban J connectivity index is 1.09. The van der Waals surface area contributed by atoms with Crippen LogP contribution >= 0.6 is 0 Å². The van der Waals surface area contributed by atoms with E-state index in [1.165, 1.54) is 12.0 Å². The van der Waals surface area contributed by atoms with Crippen molar-refractivity contribution < 1.29 is 4.74 Å². The van der Waals surface area contributed by atoms with Gasteiger partial charge in [-0.2, -0.15) is 5.10 Å². The van der Waals surface area contributed by atoms with Gasteiger partial charge in [-0.3, -0.25) is 9.58 Å². The number of aromatic amines is 1. The Bertz CT molecular complexity index is 1550. The van der Waals surface area contributed by atoms with Crippen LogP contribution < -0.4 is 9.64 Å². The molecule has 0 amide bonds. The van der Waals surface area contributed by atoms with E-state index in [1.807, 2.05) is 44.0 Å². The summed E-state index contributed by atoms with van der Waals surface area (Å²) in [6.07, 6.45) is 10.7. The molecule has 0 radical (unpaired) electrons. The second-order valence-corrected chi connectivity index (χ2v) is 9.77. The van der Waals surface area contributed by atoms with E-state index in [9.17, 15) is 0 Å². The second kappa shape index (κ2) is 8.67. The largest absolute Gasteiger partial charge is 0.481 e. The van der Waals surface area contributed by atoms with Crippen molar-refractivity contribution in [3.63, 3.8) is 0 Å². The molecule has 8 heterocycles. The molecule has 2 atom stereocenters. The molecule has 8 rings (SSSR count). The average Bonchev–Trinajstić information content (AvgIpc) is 3.60. The first kappa shape index (κ1) is 21.9. The zero-order chi connectivity index (χ0) is 24.9. The van der Waals surface area contributed by atoms with Gasteiger partial charge in [0.1, 0.15) is 11.5 Å². The minimum atomic E-state index is 0.533. The van der Waals surface area contributed by atoms with Crippen LogP contribution in [0, 0.1) is 0 Å². The van der Waals surface area contributed by atoms with E-state index >= 15 is 0 Å². The Hall–Kier alpha value is -4.31. The van der Waals surface area contributed by atoms with Crippen LogP contribution in [0.3, 0.4) is 0 Å². The van der Waals surface area contributed by atoms with Gasteiger partial charge in [0, 0.05) is 80.6 Å². The molecule has 0 aromatic carbocycles. The van der Waals surface area contributed by atoms with Crippen LogP contribution in [0.4, 0.5) is 5.82 Å². The molecule has 0 aliphatic carbocycles. The van der Waals surface area contributed by atoms with Crippen molar-refractivity contribution in [3.05, 3.63) is 66.9 Å².